The Balaban J connectivity index is 1.81. The minimum atomic E-state index is -0.142. The minimum Gasteiger partial charge on any atom is -0.397 e. The van der Waals surface area contributed by atoms with E-state index in [1.165, 1.54) is 0 Å². The van der Waals surface area contributed by atoms with Crippen molar-refractivity contribution in [2.24, 2.45) is 15.7 Å². The summed E-state index contributed by atoms with van der Waals surface area (Å²) in [6.45, 7) is 2.29. The lowest BCUT2D eigenvalue weighted by Gasteiger charge is -2.18. The maximum Gasteiger partial charge on any atom is 0.294 e. The molecular weight excluding hydrogens is 280 g/mol. The van der Waals surface area contributed by atoms with Crippen LogP contribution in [0.2, 0.25) is 0 Å². The van der Waals surface area contributed by atoms with E-state index in [0.717, 1.165) is 43.6 Å². The third-order valence-electron chi connectivity index (χ3n) is 4.34. The topological polar surface area (TPSA) is 104 Å². The van der Waals surface area contributed by atoms with Crippen LogP contribution in [-0.4, -0.2) is 27.3 Å². The van der Waals surface area contributed by atoms with Crippen molar-refractivity contribution in [3.63, 3.8) is 0 Å². The first kappa shape index (κ1) is 13.1. The van der Waals surface area contributed by atoms with Gasteiger partial charge in [0.05, 0.1) is 17.1 Å². The second kappa shape index (κ2) is 4.72. The fraction of sp³-hybridized carbons (Fsp3) is 0.400. The molecule has 0 spiro atoms. The number of nitrogens with two attached hydrogens (primary N) is 2. The second-order valence-electron chi connectivity index (χ2n) is 5.78. The molecule has 0 aromatic carbocycles. The van der Waals surface area contributed by atoms with Crippen LogP contribution in [0.15, 0.2) is 38.2 Å². The fourth-order valence-corrected chi connectivity index (χ4v) is 3.20. The van der Waals surface area contributed by atoms with Crippen molar-refractivity contribution in [2.45, 2.75) is 32.4 Å². The molecule has 0 fully saturated rings. The van der Waals surface area contributed by atoms with Crippen LogP contribution >= 0.6 is 0 Å². The van der Waals surface area contributed by atoms with Gasteiger partial charge in [-0.25, -0.2) is 9.67 Å². The number of hydrogen-bond donors (Lipinski definition) is 2. The van der Waals surface area contributed by atoms with E-state index in [-0.39, 0.29) is 5.56 Å². The van der Waals surface area contributed by atoms with Gasteiger partial charge in [-0.1, -0.05) is 0 Å². The van der Waals surface area contributed by atoms with Gasteiger partial charge in [0.25, 0.3) is 5.56 Å². The molecule has 7 heteroatoms. The zero-order valence-corrected chi connectivity index (χ0v) is 12.2. The number of rotatable bonds is 1. The fourth-order valence-electron chi connectivity index (χ4n) is 3.20. The van der Waals surface area contributed by atoms with Crippen LogP contribution in [-0.2, 0) is 13.1 Å². The van der Waals surface area contributed by atoms with Gasteiger partial charge >= 0.3 is 0 Å². The van der Waals surface area contributed by atoms with Crippen molar-refractivity contribution in [1.29, 1.82) is 0 Å². The molecular formula is C15H18N6O. The zero-order valence-electron chi connectivity index (χ0n) is 12.2. The van der Waals surface area contributed by atoms with E-state index in [0.29, 0.717) is 29.5 Å². The summed E-state index contributed by atoms with van der Waals surface area (Å²) in [5.74, 6) is 0.421. The normalized spacial score (nSPS) is 22.0. The highest BCUT2D eigenvalue weighted by Gasteiger charge is 2.23. The number of hydrogen-bond acceptors (Lipinski definition) is 5. The lowest BCUT2D eigenvalue weighted by molar-refractivity contribution is 0.601. The molecule has 4 N–H and O–H groups in total. The van der Waals surface area contributed by atoms with E-state index in [1.807, 2.05) is 12.2 Å². The Morgan fingerprint density at radius 2 is 1.95 bits per heavy atom. The summed E-state index contributed by atoms with van der Waals surface area (Å²) < 4.78 is 3.45. The number of anilines is 1. The van der Waals surface area contributed by atoms with Crippen LogP contribution in [0, 0.1) is 0 Å². The maximum absolute atomic E-state index is 12.4. The van der Waals surface area contributed by atoms with Crippen molar-refractivity contribution in [3.05, 3.63) is 33.8 Å². The molecule has 0 bridgehead atoms. The van der Waals surface area contributed by atoms with Gasteiger partial charge in [-0.2, -0.15) is 0 Å². The molecule has 3 aliphatic rings. The highest BCUT2D eigenvalue weighted by atomic mass is 16.1. The second-order valence-corrected chi connectivity index (χ2v) is 5.78. The first-order valence-electron chi connectivity index (χ1n) is 7.56. The maximum atomic E-state index is 12.4. The number of fused-ring (bicyclic) bond motifs is 2. The van der Waals surface area contributed by atoms with E-state index >= 15 is 0 Å². The van der Waals surface area contributed by atoms with Crippen molar-refractivity contribution >= 4 is 22.9 Å². The summed E-state index contributed by atoms with van der Waals surface area (Å²) in [5, 5.41) is 0. The third kappa shape index (κ3) is 1.85. The third-order valence-corrected chi connectivity index (χ3v) is 4.34. The molecule has 1 aromatic heterocycles. The number of nitrogen functional groups attached to an aromatic ring is 1. The molecule has 4 rings (SSSR count). The quantitative estimate of drug-likeness (QED) is 0.747. The summed E-state index contributed by atoms with van der Waals surface area (Å²) in [4.78, 5) is 21.3. The molecule has 0 amide bonds. The van der Waals surface area contributed by atoms with Gasteiger partial charge in [0, 0.05) is 19.6 Å². The van der Waals surface area contributed by atoms with Crippen molar-refractivity contribution in [3.8, 4) is 0 Å². The van der Waals surface area contributed by atoms with Crippen LogP contribution in [0.25, 0.3) is 0 Å². The molecule has 22 heavy (non-hydrogen) atoms. The summed E-state index contributed by atoms with van der Waals surface area (Å²) in [7, 11) is 0. The average Bonchev–Trinajstić information content (AvgIpc) is 3.08. The van der Waals surface area contributed by atoms with Gasteiger partial charge in [-0.05, 0) is 37.0 Å². The number of allylic oxidation sites excluding steroid dienone is 3. The average molecular weight is 298 g/mol. The van der Waals surface area contributed by atoms with Gasteiger partial charge in [0.2, 0.25) is 0 Å². The molecule has 1 aliphatic carbocycles. The number of nitrogens with zero attached hydrogens (tertiary/aromatic N) is 4. The largest absolute Gasteiger partial charge is 0.397 e. The Morgan fingerprint density at radius 1 is 1.14 bits per heavy atom. The molecule has 7 nitrogen and oxygen atoms in total. The summed E-state index contributed by atoms with van der Waals surface area (Å²) in [5.41, 5.74) is 15.5. The minimum absolute atomic E-state index is 0.142. The Bertz CT molecular complexity index is 833. The Hall–Kier alpha value is -2.57. The first-order valence-corrected chi connectivity index (χ1v) is 7.56. The van der Waals surface area contributed by atoms with E-state index < -0.39 is 0 Å². The van der Waals surface area contributed by atoms with Crippen LogP contribution < -0.4 is 17.0 Å². The van der Waals surface area contributed by atoms with Crippen molar-refractivity contribution in [2.75, 3.05) is 12.3 Å². The molecule has 0 atom stereocenters. The summed E-state index contributed by atoms with van der Waals surface area (Å²) in [6, 6.07) is 0. The van der Waals surface area contributed by atoms with E-state index in [9.17, 15) is 4.79 Å². The molecule has 0 saturated carbocycles. The van der Waals surface area contributed by atoms with Gasteiger partial charge in [-0.15, -0.1) is 0 Å². The molecule has 114 valence electrons. The number of aliphatic imine (C=N–C) groups is 2. The molecule has 3 heterocycles. The Labute approximate surface area is 127 Å². The lowest BCUT2D eigenvalue weighted by Crippen LogP contribution is -2.21. The van der Waals surface area contributed by atoms with Gasteiger partial charge < -0.3 is 11.5 Å². The number of aromatic nitrogens is 2. The van der Waals surface area contributed by atoms with E-state index in [4.69, 9.17) is 11.5 Å². The summed E-state index contributed by atoms with van der Waals surface area (Å²) in [6.07, 6.45) is 6.69. The molecule has 2 aliphatic heterocycles. The van der Waals surface area contributed by atoms with Crippen molar-refractivity contribution in [1.82, 2.24) is 9.36 Å². The van der Waals surface area contributed by atoms with Crippen LogP contribution in [0.4, 0.5) is 11.5 Å². The van der Waals surface area contributed by atoms with Gasteiger partial charge in [0.1, 0.15) is 0 Å². The van der Waals surface area contributed by atoms with Crippen LogP contribution in [0.3, 0.4) is 0 Å². The van der Waals surface area contributed by atoms with E-state index in [1.54, 1.807) is 9.36 Å². The molecule has 0 unspecified atom stereocenters. The van der Waals surface area contributed by atoms with Crippen LogP contribution in [0.5, 0.6) is 0 Å². The van der Waals surface area contributed by atoms with Crippen molar-refractivity contribution < 1.29 is 0 Å². The standard InChI is InChI=1S/C15H18N6O/c16-10-8-11-9(3-1-4-18-11)7-12(10)19-13-14(17)20-5-2-6-21(20)15(13)22/h7-8H,1-6,16-17H2/b19-12+. The van der Waals surface area contributed by atoms with Gasteiger partial charge in [0.15, 0.2) is 11.5 Å². The molecule has 1 aromatic rings. The monoisotopic (exact) mass is 298 g/mol. The first-order chi connectivity index (χ1) is 10.6. The Morgan fingerprint density at radius 3 is 2.77 bits per heavy atom. The molecule has 0 radical (unpaired) electrons. The highest BCUT2D eigenvalue weighted by molar-refractivity contribution is 6.24. The zero-order chi connectivity index (χ0) is 15.3. The smallest absolute Gasteiger partial charge is 0.294 e. The van der Waals surface area contributed by atoms with Gasteiger partial charge in [-0.3, -0.25) is 14.5 Å². The van der Waals surface area contributed by atoms with Crippen LogP contribution in [0.1, 0.15) is 19.3 Å². The summed E-state index contributed by atoms with van der Waals surface area (Å²) >= 11 is 0. The highest BCUT2D eigenvalue weighted by Crippen LogP contribution is 2.25. The lowest BCUT2D eigenvalue weighted by atomic mass is 9.94. The predicted octanol–water partition coefficient (Wildman–Crippen LogP) is 0.726. The predicted molar refractivity (Wildman–Crippen MR) is 86.7 cm³/mol. The Kier molecular flexibility index (Phi) is 2.82. The van der Waals surface area contributed by atoms with E-state index in [2.05, 4.69) is 9.98 Å². The molecule has 0 saturated heterocycles. The SMILES string of the molecule is NC1=CC2=NCCCC2=C/C1=N\c1c(N)n2n(c1=O)CCC2.